The Morgan fingerprint density at radius 3 is 2.76 bits per heavy atom. The highest BCUT2D eigenvalue weighted by Gasteiger charge is 2.40. The summed E-state index contributed by atoms with van der Waals surface area (Å²) in [6, 6.07) is 7.18. The van der Waals surface area contributed by atoms with Gasteiger partial charge in [0.05, 0.1) is 24.8 Å². The van der Waals surface area contributed by atoms with Crippen LogP contribution in [0.5, 0.6) is 5.75 Å². The third-order valence-corrected chi connectivity index (χ3v) is 3.82. The lowest BCUT2D eigenvalue weighted by Gasteiger charge is -2.19. The van der Waals surface area contributed by atoms with Crippen LogP contribution in [0.25, 0.3) is 0 Å². The van der Waals surface area contributed by atoms with E-state index >= 15 is 0 Å². The maximum Gasteiger partial charge on any atom is 0.310 e. The SMILES string of the molecule is COc1ccccc1NC(=O)CN1CCC(C)(C(=O)O)C1. The summed E-state index contributed by atoms with van der Waals surface area (Å²) < 4.78 is 5.17. The molecule has 1 heterocycles. The minimum atomic E-state index is -0.810. The van der Waals surface area contributed by atoms with Gasteiger partial charge in [0.25, 0.3) is 0 Å². The topological polar surface area (TPSA) is 78.9 Å². The van der Waals surface area contributed by atoms with Crippen molar-refractivity contribution in [2.75, 3.05) is 32.1 Å². The molecule has 1 unspecified atom stereocenters. The Morgan fingerprint density at radius 2 is 2.14 bits per heavy atom. The number of likely N-dealkylation sites (tertiary alicyclic amines) is 1. The lowest BCUT2D eigenvalue weighted by molar-refractivity contribution is -0.147. The number of rotatable bonds is 5. The van der Waals surface area contributed by atoms with Crippen LogP contribution in [0.15, 0.2) is 24.3 Å². The molecule has 0 bridgehead atoms. The molecule has 0 spiro atoms. The third kappa shape index (κ3) is 3.52. The number of nitrogens with one attached hydrogen (secondary N) is 1. The molecule has 1 aliphatic heterocycles. The number of para-hydroxylation sites is 2. The Balaban J connectivity index is 1.93. The molecule has 6 heteroatoms. The molecule has 1 saturated heterocycles. The molecule has 2 rings (SSSR count). The van der Waals surface area contributed by atoms with Gasteiger partial charge in [-0.3, -0.25) is 14.5 Å². The largest absolute Gasteiger partial charge is 0.495 e. The van der Waals surface area contributed by atoms with Crippen molar-refractivity contribution in [1.29, 1.82) is 0 Å². The zero-order valence-corrected chi connectivity index (χ0v) is 12.3. The van der Waals surface area contributed by atoms with Crippen molar-refractivity contribution < 1.29 is 19.4 Å². The van der Waals surface area contributed by atoms with Crippen LogP contribution in [0.1, 0.15) is 13.3 Å². The van der Waals surface area contributed by atoms with Gasteiger partial charge in [0.15, 0.2) is 0 Å². The number of carboxylic acids is 1. The molecule has 2 N–H and O–H groups in total. The molecule has 0 radical (unpaired) electrons. The minimum Gasteiger partial charge on any atom is -0.495 e. The first-order valence-electron chi connectivity index (χ1n) is 6.83. The van der Waals surface area contributed by atoms with Gasteiger partial charge in [-0.25, -0.2) is 0 Å². The first-order chi connectivity index (χ1) is 9.94. The van der Waals surface area contributed by atoms with Crippen molar-refractivity contribution >= 4 is 17.6 Å². The van der Waals surface area contributed by atoms with Crippen LogP contribution in [0.2, 0.25) is 0 Å². The maximum atomic E-state index is 12.1. The smallest absolute Gasteiger partial charge is 0.310 e. The Kier molecular flexibility index (Phi) is 4.47. The predicted octanol–water partition coefficient (Wildman–Crippen LogP) is 1.43. The summed E-state index contributed by atoms with van der Waals surface area (Å²) >= 11 is 0. The van der Waals surface area contributed by atoms with Gasteiger partial charge >= 0.3 is 5.97 Å². The van der Waals surface area contributed by atoms with Gasteiger partial charge in [-0.2, -0.15) is 0 Å². The quantitative estimate of drug-likeness (QED) is 0.858. The van der Waals surface area contributed by atoms with E-state index in [1.807, 2.05) is 17.0 Å². The van der Waals surface area contributed by atoms with E-state index in [1.165, 1.54) is 0 Å². The highest BCUT2D eigenvalue weighted by atomic mass is 16.5. The second kappa shape index (κ2) is 6.13. The summed E-state index contributed by atoms with van der Waals surface area (Å²) in [5, 5.41) is 12.0. The molecular weight excluding hydrogens is 272 g/mol. The minimum absolute atomic E-state index is 0.172. The number of methoxy groups -OCH3 is 1. The van der Waals surface area contributed by atoms with Crippen LogP contribution in [0.4, 0.5) is 5.69 Å². The average Bonchev–Trinajstić information content (AvgIpc) is 2.82. The van der Waals surface area contributed by atoms with Crippen LogP contribution >= 0.6 is 0 Å². The monoisotopic (exact) mass is 292 g/mol. The molecule has 0 aliphatic carbocycles. The molecule has 1 amide bonds. The lowest BCUT2D eigenvalue weighted by atomic mass is 9.90. The first-order valence-corrected chi connectivity index (χ1v) is 6.83. The Labute approximate surface area is 123 Å². The molecular formula is C15H20N2O4. The zero-order valence-electron chi connectivity index (χ0n) is 12.3. The van der Waals surface area contributed by atoms with Gasteiger partial charge in [-0.1, -0.05) is 12.1 Å². The van der Waals surface area contributed by atoms with Crippen molar-refractivity contribution in [2.45, 2.75) is 13.3 Å². The average molecular weight is 292 g/mol. The van der Waals surface area contributed by atoms with Gasteiger partial charge in [-0.05, 0) is 32.0 Å². The number of nitrogens with zero attached hydrogens (tertiary/aromatic N) is 1. The summed E-state index contributed by atoms with van der Waals surface area (Å²) in [5.41, 5.74) is -0.143. The summed E-state index contributed by atoms with van der Waals surface area (Å²) in [4.78, 5) is 25.1. The number of anilines is 1. The van der Waals surface area contributed by atoms with Gasteiger partial charge in [0, 0.05) is 6.54 Å². The van der Waals surface area contributed by atoms with Crippen molar-refractivity contribution in [2.24, 2.45) is 5.41 Å². The Hall–Kier alpha value is -2.08. The van der Waals surface area contributed by atoms with Crippen LogP contribution in [0, 0.1) is 5.41 Å². The summed E-state index contributed by atoms with van der Waals surface area (Å²) in [7, 11) is 1.55. The Bertz CT molecular complexity index is 546. The predicted molar refractivity (Wildman–Crippen MR) is 78.4 cm³/mol. The molecule has 21 heavy (non-hydrogen) atoms. The van der Waals surface area contributed by atoms with E-state index in [0.717, 1.165) is 0 Å². The van der Waals surface area contributed by atoms with E-state index < -0.39 is 11.4 Å². The summed E-state index contributed by atoms with van der Waals surface area (Å²) in [6.45, 7) is 2.90. The number of benzene rings is 1. The zero-order chi connectivity index (χ0) is 15.5. The van der Waals surface area contributed by atoms with E-state index in [4.69, 9.17) is 4.74 Å². The number of hydrogen-bond donors (Lipinski definition) is 2. The third-order valence-electron chi connectivity index (χ3n) is 3.82. The second-order valence-electron chi connectivity index (χ2n) is 5.57. The summed E-state index contributed by atoms with van der Waals surface area (Å²) in [6.07, 6.45) is 0.560. The molecule has 0 aromatic heterocycles. The van der Waals surface area contributed by atoms with Crippen molar-refractivity contribution in [3.63, 3.8) is 0 Å². The lowest BCUT2D eigenvalue weighted by Crippen LogP contribution is -2.35. The number of ether oxygens (including phenoxy) is 1. The van der Waals surface area contributed by atoms with E-state index in [0.29, 0.717) is 30.9 Å². The molecule has 1 aromatic carbocycles. The fourth-order valence-electron chi connectivity index (χ4n) is 2.51. The molecule has 1 aromatic rings. The van der Waals surface area contributed by atoms with E-state index in [2.05, 4.69) is 5.32 Å². The molecule has 114 valence electrons. The van der Waals surface area contributed by atoms with Crippen LogP contribution in [-0.4, -0.2) is 48.6 Å². The Morgan fingerprint density at radius 1 is 1.43 bits per heavy atom. The number of carboxylic acid groups (broad SMARTS) is 1. The van der Waals surface area contributed by atoms with Crippen LogP contribution < -0.4 is 10.1 Å². The molecule has 1 atom stereocenters. The molecule has 1 fully saturated rings. The highest BCUT2D eigenvalue weighted by molar-refractivity contribution is 5.93. The van der Waals surface area contributed by atoms with Crippen LogP contribution in [0.3, 0.4) is 0 Å². The van der Waals surface area contributed by atoms with E-state index in [1.54, 1.807) is 26.2 Å². The number of aliphatic carboxylic acids is 1. The number of amides is 1. The molecule has 0 saturated carbocycles. The van der Waals surface area contributed by atoms with E-state index in [9.17, 15) is 14.7 Å². The number of hydrogen-bond acceptors (Lipinski definition) is 4. The van der Waals surface area contributed by atoms with Crippen molar-refractivity contribution in [3.8, 4) is 5.75 Å². The fraction of sp³-hybridized carbons (Fsp3) is 0.467. The van der Waals surface area contributed by atoms with Gasteiger partial charge in [0.2, 0.25) is 5.91 Å². The van der Waals surface area contributed by atoms with Gasteiger partial charge < -0.3 is 15.2 Å². The molecule has 1 aliphatic rings. The standard InChI is InChI=1S/C15H20N2O4/c1-15(14(19)20)7-8-17(10-15)9-13(18)16-11-5-3-4-6-12(11)21-2/h3-6H,7-10H2,1-2H3,(H,16,18)(H,19,20). The fourth-order valence-corrected chi connectivity index (χ4v) is 2.51. The first kappa shape index (κ1) is 15.3. The van der Waals surface area contributed by atoms with Crippen LogP contribution in [-0.2, 0) is 9.59 Å². The van der Waals surface area contributed by atoms with Gasteiger partial charge in [0.1, 0.15) is 5.75 Å². The maximum absolute atomic E-state index is 12.1. The highest BCUT2D eigenvalue weighted by Crippen LogP contribution is 2.30. The number of carbonyl (C=O) groups excluding carboxylic acids is 1. The van der Waals surface area contributed by atoms with E-state index in [-0.39, 0.29) is 12.5 Å². The normalized spacial score (nSPS) is 22.0. The number of carbonyl (C=O) groups is 2. The van der Waals surface area contributed by atoms with Gasteiger partial charge in [-0.15, -0.1) is 0 Å². The molecule has 6 nitrogen and oxygen atoms in total. The second-order valence-corrected chi connectivity index (χ2v) is 5.57. The van der Waals surface area contributed by atoms with Crippen molar-refractivity contribution in [1.82, 2.24) is 4.90 Å². The van der Waals surface area contributed by atoms with Crippen molar-refractivity contribution in [3.05, 3.63) is 24.3 Å². The summed E-state index contributed by atoms with van der Waals surface area (Å²) in [5.74, 6) is -0.382.